The van der Waals surface area contributed by atoms with E-state index >= 15 is 0 Å². The molecule has 0 aromatic heterocycles. The minimum atomic E-state index is -4.26. The van der Waals surface area contributed by atoms with Gasteiger partial charge in [0.15, 0.2) is 0 Å². The van der Waals surface area contributed by atoms with Crippen molar-refractivity contribution in [2.75, 3.05) is 5.75 Å². The Kier molecular flexibility index (Phi) is 4.82. The van der Waals surface area contributed by atoms with Crippen molar-refractivity contribution in [2.24, 2.45) is 10.9 Å². The van der Waals surface area contributed by atoms with E-state index in [-0.39, 0.29) is 6.61 Å². The van der Waals surface area contributed by atoms with Crippen LogP contribution in [0.3, 0.4) is 0 Å². The summed E-state index contributed by atoms with van der Waals surface area (Å²) >= 11 is 0. The molecule has 1 aromatic carbocycles. The number of hydrogen-bond acceptors (Lipinski definition) is 6. The fourth-order valence-electron chi connectivity index (χ4n) is 1.38. The molecule has 1 unspecified atom stereocenters. The highest BCUT2D eigenvalue weighted by Crippen LogP contribution is 2.10. The third-order valence-electron chi connectivity index (χ3n) is 2.39. The molecule has 0 radical (unpaired) electrons. The summed E-state index contributed by atoms with van der Waals surface area (Å²) < 4.78 is 26.6. The summed E-state index contributed by atoms with van der Waals surface area (Å²) in [6.45, 7) is -0.226. The molecule has 0 aliphatic rings. The zero-order valence-corrected chi connectivity index (χ0v) is 11.2. The Morgan fingerprint density at radius 3 is 2.25 bits per heavy atom. The monoisotopic (exact) mass is 302 g/mol. The predicted molar refractivity (Wildman–Crippen MR) is 68.8 cm³/mol. The quantitative estimate of drug-likeness (QED) is 0.441. The molecule has 20 heavy (non-hydrogen) atoms. The van der Waals surface area contributed by atoms with Crippen LogP contribution in [0.5, 0.6) is 0 Å². The number of benzene rings is 1. The number of aliphatic carboxylic acids is 1. The maximum absolute atomic E-state index is 11.7. The Labute approximate surface area is 115 Å². The average molecular weight is 302 g/mol. The van der Waals surface area contributed by atoms with Crippen LogP contribution in [0.25, 0.3) is 0 Å². The van der Waals surface area contributed by atoms with Crippen LogP contribution in [0.15, 0.2) is 30.3 Å². The lowest BCUT2D eigenvalue weighted by Crippen LogP contribution is -2.61. The second-order valence-corrected chi connectivity index (χ2v) is 5.76. The van der Waals surface area contributed by atoms with E-state index in [9.17, 15) is 18.0 Å². The molecule has 0 saturated heterocycles. The van der Waals surface area contributed by atoms with E-state index in [2.05, 4.69) is 0 Å². The normalized spacial score (nSPS) is 14.3. The number of carbonyl (C=O) groups excluding carboxylic acids is 1. The molecule has 0 saturated carbocycles. The van der Waals surface area contributed by atoms with Gasteiger partial charge >= 0.3 is 11.9 Å². The Morgan fingerprint density at radius 1 is 1.25 bits per heavy atom. The minimum absolute atomic E-state index is 0.226. The zero-order valence-electron chi connectivity index (χ0n) is 10.4. The molecule has 0 bridgehead atoms. The highest BCUT2D eigenvalue weighted by molar-refractivity contribution is 7.89. The van der Waals surface area contributed by atoms with Gasteiger partial charge in [-0.25, -0.2) is 23.1 Å². The molecule has 0 aliphatic heterocycles. The van der Waals surface area contributed by atoms with E-state index in [4.69, 9.17) is 20.7 Å². The topological polar surface area (TPSA) is 150 Å². The van der Waals surface area contributed by atoms with Gasteiger partial charge in [0.1, 0.15) is 12.4 Å². The van der Waals surface area contributed by atoms with Crippen molar-refractivity contribution in [3.63, 3.8) is 0 Å². The van der Waals surface area contributed by atoms with Crippen LogP contribution in [0.2, 0.25) is 0 Å². The number of sulfonamides is 1. The lowest BCUT2D eigenvalue weighted by atomic mass is 10.1. The Bertz CT molecular complexity index is 601. The Balaban J connectivity index is 2.83. The van der Waals surface area contributed by atoms with E-state index in [1.165, 1.54) is 0 Å². The van der Waals surface area contributed by atoms with E-state index in [1.807, 2.05) is 0 Å². The fraction of sp³-hybridized carbons (Fsp3) is 0.273. The van der Waals surface area contributed by atoms with Gasteiger partial charge in [0.25, 0.3) is 0 Å². The van der Waals surface area contributed by atoms with Gasteiger partial charge in [0.2, 0.25) is 15.6 Å². The van der Waals surface area contributed by atoms with Crippen LogP contribution < -0.4 is 10.9 Å². The molecule has 5 N–H and O–H groups in total. The molecule has 1 atom stereocenters. The third-order valence-corrected chi connectivity index (χ3v) is 3.25. The number of esters is 1. The maximum atomic E-state index is 11.7. The SMILES string of the molecule is NC(CS(N)(=O)=O)(C(=O)O)C(=O)OCc1ccccc1. The van der Waals surface area contributed by atoms with E-state index in [0.29, 0.717) is 5.56 Å². The second kappa shape index (κ2) is 5.99. The van der Waals surface area contributed by atoms with Crippen molar-refractivity contribution in [2.45, 2.75) is 12.1 Å². The second-order valence-electron chi connectivity index (χ2n) is 4.15. The maximum Gasteiger partial charge on any atom is 0.339 e. The minimum Gasteiger partial charge on any atom is -0.479 e. The van der Waals surface area contributed by atoms with Crippen LogP contribution in [0.4, 0.5) is 0 Å². The summed E-state index contributed by atoms with van der Waals surface area (Å²) in [5, 5.41) is 13.6. The van der Waals surface area contributed by atoms with Gasteiger partial charge in [-0.1, -0.05) is 30.3 Å². The van der Waals surface area contributed by atoms with Crippen molar-refractivity contribution in [1.29, 1.82) is 0 Å². The number of carboxylic acid groups (broad SMARTS) is 1. The first-order valence-electron chi connectivity index (χ1n) is 5.39. The molecule has 0 aliphatic carbocycles. The van der Waals surface area contributed by atoms with Crippen LogP contribution in [-0.4, -0.2) is 36.8 Å². The third kappa shape index (κ3) is 4.30. The lowest BCUT2D eigenvalue weighted by Gasteiger charge is -2.21. The summed E-state index contributed by atoms with van der Waals surface area (Å²) in [4.78, 5) is 22.7. The molecule has 8 nitrogen and oxygen atoms in total. The number of primary sulfonamides is 1. The van der Waals surface area contributed by atoms with Crippen molar-refractivity contribution >= 4 is 22.0 Å². The first-order chi connectivity index (χ1) is 9.15. The predicted octanol–water partition coefficient (Wildman–Crippen LogP) is -1.20. The highest BCUT2D eigenvalue weighted by atomic mass is 32.2. The zero-order chi connectivity index (χ0) is 15.4. The molecule has 1 aromatic rings. The van der Waals surface area contributed by atoms with Gasteiger partial charge in [-0.3, -0.25) is 0 Å². The van der Waals surface area contributed by atoms with Crippen molar-refractivity contribution in [3.05, 3.63) is 35.9 Å². The summed E-state index contributed by atoms with van der Waals surface area (Å²) in [6.07, 6.45) is 0. The van der Waals surface area contributed by atoms with E-state index in [1.54, 1.807) is 30.3 Å². The molecule has 1 rings (SSSR count). The number of hydrogen-bond donors (Lipinski definition) is 3. The van der Waals surface area contributed by atoms with Crippen LogP contribution in [0.1, 0.15) is 5.56 Å². The summed E-state index contributed by atoms with van der Waals surface area (Å²) in [6, 6.07) is 8.43. The summed E-state index contributed by atoms with van der Waals surface area (Å²) in [5.41, 5.74) is 3.17. The molecule has 9 heteroatoms. The molecular weight excluding hydrogens is 288 g/mol. The largest absolute Gasteiger partial charge is 0.479 e. The summed E-state index contributed by atoms with van der Waals surface area (Å²) in [5.74, 6) is -4.45. The van der Waals surface area contributed by atoms with Gasteiger partial charge in [-0.2, -0.15) is 0 Å². The molecule has 0 heterocycles. The van der Waals surface area contributed by atoms with Crippen molar-refractivity contribution in [3.8, 4) is 0 Å². The molecule has 0 fully saturated rings. The smallest absolute Gasteiger partial charge is 0.339 e. The van der Waals surface area contributed by atoms with Crippen LogP contribution in [0, 0.1) is 0 Å². The summed E-state index contributed by atoms with van der Waals surface area (Å²) in [7, 11) is -4.26. The Morgan fingerprint density at radius 2 is 1.80 bits per heavy atom. The number of carboxylic acids is 1. The fourth-order valence-corrected chi connectivity index (χ4v) is 2.25. The van der Waals surface area contributed by atoms with Gasteiger partial charge in [-0.15, -0.1) is 0 Å². The van der Waals surface area contributed by atoms with Gasteiger partial charge in [-0.05, 0) is 5.56 Å². The van der Waals surface area contributed by atoms with Crippen molar-refractivity contribution in [1.82, 2.24) is 0 Å². The van der Waals surface area contributed by atoms with E-state index in [0.717, 1.165) is 0 Å². The number of ether oxygens (including phenoxy) is 1. The molecular formula is C11H14N2O6S. The lowest BCUT2D eigenvalue weighted by molar-refractivity contribution is -0.160. The molecule has 0 spiro atoms. The molecule has 110 valence electrons. The standard InChI is InChI=1S/C11H14N2O6S/c12-11(9(14)15,7-20(13,17)18)10(16)19-6-8-4-2-1-3-5-8/h1-5H,6-7,12H2,(H,14,15)(H2,13,17,18). The first-order valence-corrected chi connectivity index (χ1v) is 7.10. The first kappa shape index (κ1) is 16.1. The number of carbonyl (C=O) groups is 2. The van der Waals surface area contributed by atoms with Crippen molar-refractivity contribution < 1.29 is 27.9 Å². The van der Waals surface area contributed by atoms with Gasteiger partial charge in [0, 0.05) is 0 Å². The van der Waals surface area contributed by atoms with Gasteiger partial charge < -0.3 is 15.6 Å². The van der Waals surface area contributed by atoms with E-state index < -0.39 is 33.3 Å². The Hall–Kier alpha value is -1.97. The number of nitrogens with two attached hydrogens (primary N) is 2. The van der Waals surface area contributed by atoms with Crippen LogP contribution in [-0.2, 0) is 31.0 Å². The average Bonchev–Trinajstić information content (AvgIpc) is 2.34. The van der Waals surface area contributed by atoms with Crippen LogP contribution >= 0.6 is 0 Å². The number of rotatable bonds is 6. The molecule has 0 amide bonds. The highest BCUT2D eigenvalue weighted by Gasteiger charge is 2.47. The van der Waals surface area contributed by atoms with Gasteiger partial charge in [0.05, 0.1) is 0 Å².